The predicted molar refractivity (Wildman–Crippen MR) is 100 cm³/mol. The molecule has 136 valence electrons. The van der Waals surface area contributed by atoms with Crippen LogP contribution in [0.15, 0.2) is 45.8 Å². The predicted octanol–water partition coefficient (Wildman–Crippen LogP) is 2.19. The number of hydrogen-bond acceptors (Lipinski definition) is 5. The minimum atomic E-state index is -0.999. The van der Waals surface area contributed by atoms with Crippen LogP contribution in [0.25, 0.3) is 0 Å². The van der Waals surface area contributed by atoms with Gasteiger partial charge in [0.15, 0.2) is 5.11 Å². The summed E-state index contributed by atoms with van der Waals surface area (Å²) < 4.78 is 11.3. The van der Waals surface area contributed by atoms with E-state index in [0.717, 1.165) is 16.8 Å². The fourth-order valence-electron chi connectivity index (χ4n) is 3.43. The van der Waals surface area contributed by atoms with E-state index >= 15 is 0 Å². The van der Waals surface area contributed by atoms with E-state index in [2.05, 4.69) is 22.4 Å². The van der Waals surface area contributed by atoms with Crippen molar-refractivity contribution in [2.75, 3.05) is 6.61 Å². The Morgan fingerprint density at radius 1 is 1.23 bits per heavy atom. The summed E-state index contributed by atoms with van der Waals surface area (Å²) in [4.78, 5) is 4.49. The summed E-state index contributed by atoms with van der Waals surface area (Å²) in [5.41, 5.74) is 2.83. The van der Waals surface area contributed by atoms with Gasteiger partial charge in [-0.05, 0) is 30.8 Å². The zero-order chi connectivity index (χ0) is 18.3. The highest BCUT2D eigenvalue weighted by molar-refractivity contribution is 7.80. The van der Waals surface area contributed by atoms with E-state index < -0.39 is 18.3 Å². The molecule has 2 aromatic rings. The maximum Gasteiger partial charge on any atom is 0.193 e. The minimum Gasteiger partial charge on any atom is -0.463 e. The Morgan fingerprint density at radius 3 is 2.69 bits per heavy atom. The number of aliphatic hydroxyl groups is 2. The molecule has 2 aliphatic rings. The molecule has 0 amide bonds. The van der Waals surface area contributed by atoms with E-state index in [-0.39, 0.29) is 12.6 Å². The molecule has 1 unspecified atom stereocenters. The lowest BCUT2D eigenvalue weighted by Crippen LogP contribution is -2.33. The zero-order valence-corrected chi connectivity index (χ0v) is 15.1. The van der Waals surface area contributed by atoms with Gasteiger partial charge in [0.25, 0.3) is 0 Å². The first-order valence-electron chi connectivity index (χ1n) is 8.54. The number of aliphatic imine (C=N–C) groups is 1. The van der Waals surface area contributed by atoms with Crippen molar-refractivity contribution in [2.24, 2.45) is 4.99 Å². The van der Waals surface area contributed by atoms with Crippen molar-refractivity contribution in [3.05, 3.63) is 59.0 Å². The van der Waals surface area contributed by atoms with Crippen LogP contribution in [0.5, 0.6) is 0 Å². The van der Waals surface area contributed by atoms with Gasteiger partial charge in [0, 0.05) is 12.0 Å². The Hall–Kier alpha value is -2.06. The number of thiocarbonyl (C=S) groups is 1. The van der Waals surface area contributed by atoms with Crippen molar-refractivity contribution < 1.29 is 19.4 Å². The third-order valence-corrected chi connectivity index (χ3v) is 5.02. The standard InChI is InChI=1S/C19H20N2O4S/c1-10-12(7-16(25-10)18-17(23)15(22)9-24-18)14-8-13(20-19(26)21-14)11-5-3-2-4-6-11/h2-7,13,15,17-18,22-23H,8-9H2,1H3,(H,20,26)/t13?,15-,17-,18+/m1/s1. The number of nitrogens with zero attached hydrogens (tertiary/aromatic N) is 1. The SMILES string of the molecule is Cc1oc([C@@H]2OC[C@@H](O)[C@H]2O)cc1C1=NC(=S)NC(c2ccccc2)C1. The lowest BCUT2D eigenvalue weighted by molar-refractivity contribution is 0.0117. The molecule has 26 heavy (non-hydrogen) atoms. The van der Waals surface area contributed by atoms with Crippen LogP contribution in [0.3, 0.4) is 0 Å². The van der Waals surface area contributed by atoms with Crippen molar-refractivity contribution in [3.63, 3.8) is 0 Å². The molecule has 1 saturated heterocycles. The second-order valence-corrected chi connectivity index (χ2v) is 6.99. The first kappa shape index (κ1) is 17.4. The van der Waals surface area contributed by atoms with Gasteiger partial charge >= 0.3 is 0 Å². The maximum absolute atomic E-state index is 10.1. The van der Waals surface area contributed by atoms with E-state index in [4.69, 9.17) is 21.4 Å². The lowest BCUT2D eigenvalue weighted by Gasteiger charge is -2.24. The maximum atomic E-state index is 10.1. The summed E-state index contributed by atoms with van der Waals surface area (Å²) in [6.07, 6.45) is -1.90. The second-order valence-electron chi connectivity index (χ2n) is 6.61. The number of hydrogen-bond donors (Lipinski definition) is 3. The van der Waals surface area contributed by atoms with Crippen LogP contribution in [0.1, 0.15) is 41.2 Å². The van der Waals surface area contributed by atoms with Crippen molar-refractivity contribution >= 4 is 23.0 Å². The van der Waals surface area contributed by atoms with Gasteiger partial charge in [-0.15, -0.1) is 0 Å². The van der Waals surface area contributed by atoms with Gasteiger partial charge in [-0.2, -0.15) is 0 Å². The highest BCUT2D eigenvalue weighted by atomic mass is 32.1. The third kappa shape index (κ3) is 3.19. The Bertz CT molecular complexity index is 848. The average Bonchev–Trinajstić information content (AvgIpc) is 3.18. The molecular weight excluding hydrogens is 352 g/mol. The first-order chi connectivity index (χ1) is 12.5. The van der Waals surface area contributed by atoms with E-state index in [9.17, 15) is 10.2 Å². The molecule has 1 fully saturated rings. The number of aryl methyl sites for hydroxylation is 1. The molecule has 2 aliphatic heterocycles. The van der Waals surface area contributed by atoms with Crippen LogP contribution >= 0.6 is 12.2 Å². The number of aliphatic hydroxyl groups excluding tert-OH is 2. The number of furan rings is 1. The van der Waals surface area contributed by atoms with Crippen LogP contribution in [0.2, 0.25) is 0 Å². The molecule has 4 atom stereocenters. The molecule has 0 spiro atoms. The fraction of sp³-hybridized carbons (Fsp3) is 0.368. The van der Waals surface area contributed by atoms with Gasteiger partial charge in [-0.25, -0.2) is 4.99 Å². The van der Waals surface area contributed by atoms with E-state index in [0.29, 0.717) is 23.1 Å². The molecule has 6 nitrogen and oxygen atoms in total. The van der Waals surface area contributed by atoms with Crippen LogP contribution in [0.4, 0.5) is 0 Å². The largest absolute Gasteiger partial charge is 0.463 e. The van der Waals surface area contributed by atoms with Gasteiger partial charge < -0.3 is 24.7 Å². The molecule has 1 aromatic heterocycles. The lowest BCUT2D eigenvalue weighted by atomic mass is 9.96. The average molecular weight is 372 g/mol. The van der Waals surface area contributed by atoms with Crippen LogP contribution < -0.4 is 5.32 Å². The monoisotopic (exact) mass is 372 g/mol. The normalized spacial score (nSPS) is 28.7. The van der Waals surface area contributed by atoms with Crippen molar-refractivity contribution in [3.8, 4) is 0 Å². The Labute approximate surface area is 156 Å². The summed E-state index contributed by atoms with van der Waals surface area (Å²) in [7, 11) is 0. The first-order valence-corrected chi connectivity index (χ1v) is 8.95. The molecule has 1 aromatic carbocycles. The number of benzene rings is 1. The molecular formula is C19H20N2O4S. The smallest absolute Gasteiger partial charge is 0.193 e. The molecule has 0 radical (unpaired) electrons. The molecule has 0 bridgehead atoms. The zero-order valence-electron chi connectivity index (χ0n) is 14.3. The van der Waals surface area contributed by atoms with Crippen LogP contribution in [-0.2, 0) is 4.74 Å². The Morgan fingerprint density at radius 2 is 2.00 bits per heavy atom. The summed E-state index contributed by atoms with van der Waals surface area (Å²) in [5, 5.41) is 23.4. The summed E-state index contributed by atoms with van der Waals surface area (Å²) in [6, 6.07) is 12.0. The molecule has 4 rings (SSSR count). The van der Waals surface area contributed by atoms with Crippen molar-refractivity contribution in [1.82, 2.24) is 5.32 Å². The van der Waals surface area contributed by atoms with Gasteiger partial charge in [0.05, 0.1) is 18.4 Å². The third-order valence-electron chi connectivity index (χ3n) is 4.81. The Kier molecular flexibility index (Phi) is 4.62. The summed E-state index contributed by atoms with van der Waals surface area (Å²) in [5.74, 6) is 1.18. The summed E-state index contributed by atoms with van der Waals surface area (Å²) in [6.45, 7) is 1.94. The van der Waals surface area contributed by atoms with E-state index in [1.165, 1.54) is 0 Å². The van der Waals surface area contributed by atoms with Gasteiger partial charge in [0.1, 0.15) is 29.8 Å². The van der Waals surface area contributed by atoms with Gasteiger partial charge in [-0.1, -0.05) is 30.3 Å². The highest BCUT2D eigenvalue weighted by Gasteiger charge is 2.38. The Balaban J connectivity index is 1.62. The molecule has 0 aliphatic carbocycles. The molecule has 3 heterocycles. The number of rotatable bonds is 3. The van der Waals surface area contributed by atoms with Crippen molar-refractivity contribution in [2.45, 2.75) is 37.7 Å². The molecule has 7 heteroatoms. The molecule has 3 N–H and O–H groups in total. The summed E-state index contributed by atoms with van der Waals surface area (Å²) >= 11 is 5.32. The molecule has 0 saturated carbocycles. The van der Waals surface area contributed by atoms with Crippen LogP contribution in [-0.4, -0.2) is 39.9 Å². The van der Waals surface area contributed by atoms with Gasteiger partial charge in [-0.3, -0.25) is 0 Å². The fourth-order valence-corrected chi connectivity index (χ4v) is 3.69. The number of ether oxygens (including phenoxy) is 1. The minimum absolute atomic E-state index is 0.0455. The number of nitrogens with one attached hydrogen (secondary N) is 1. The quantitative estimate of drug-likeness (QED) is 0.716. The van der Waals surface area contributed by atoms with E-state index in [1.807, 2.05) is 31.2 Å². The van der Waals surface area contributed by atoms with Crippen molar-refractivity contribution in [1.29, 1.82) is 0 Å². The second kappa shape index (κ2) is 6.92. The topological polar surface area (TPSA) is 87.2 Å². The van der Waals surface area contributed by atoms with E-state index in [1.54, 1.807) is 0 Å². The van der Waals surface area contributed by atoms with Crippen LogP contribution in [0, 0.1) is 6.92 Å². The highest BCUT2D eigenvalue weighted by Crippen LogP contribution is 2.33. The van der Waals surface area contributed by atoms with Gasteiger partial charge in [0.2, 0.25) is 0 Å².